The molecular weight excluding hydrogens is 605 g/mol. The van der Waals surface area contributed by atoms with Gasteiger partial charge in [0.1, 0.15) is 12.1 Å². The third-order valence-electron chi connectivity index (χ3n) is 7.24. The van der Waals surface area contributed by atoms with Gasteiger partial charge in [-0.05, 0) is 74.1 Å². The lowest BCUT2D eigenvalue weighted by atomic mass is 9.96. The van der Waals surface area contributed by atoms with E-state index in [1.807, 2.05) is 57.2 Å². The number of anilines is 1. The van der Waals surface area contributed by atoms with E-state index in [4.69, 9.17) is 0 Å². The van der Waals surface area contributed by atoms with Crippen molar-refractivity contribution in [2.24, 2.45) is 4.99 Å². The van der Waals surface area contributed by atoms with Crippen LogP contribution in [0.5, 0.6) is 5.75 Å². The van der Waals surface area contributed by atoms with Crippen LogP contribution in [0, 0.1) is 20.8 Å². The Morgan fingerprint density at radius 1 is 1.07 bits per heavy atom. The Balaban J connectivity index is 1.16. The minimum Gasteiger partial charge on any atom is -0.406 e. The second-order valence-corrected chi connectivity index (χ2v) is 11.7. The molecule has 0 aliphatic carbocycles. The molecule has 3 aromatic carbocycles. The molecule has 234 valence electrons. The zero-order chi connectivity index (χ0) is 32.3. The van der Waals surface area contributed by atoms with E-state index in [-0.39, 0.29) is 23.3 Å². The normalized spacial score (nSPS) is 15.0. The largest absolute Gasteiger partial charge is 0.573 e. The number of aromatic nitrogens is 3. The highest BCUT2D eigenvalue weighted by Crippen LogP contribution is 2.33. The number of nitrogens with one attached hydrogen (secondary N) is 1. The van der Waals surface area contributed by atoms with Crippen molar-refractivity contribution in [1.29, 1.82) is 0 Å². The number of hydrogen-bond donors (Lipinski definition) is 1. The summed E-state index contributed by atoms with van der Waals surface area (Å²) >= 11 is 1.25. The van der Waals surface area contributed by atoms with Crippen molar-refractivity contribution in [2.75, 3.05) is 17.2 Å². The average molecular weight is 637 g/mol. The first-order chi connectivity index (χ1) is 21.4. The maximum Gasteiger partial charge on any atom is 0.573 e. The second kappa shape index (κ2) is 13.1. The molecule has 1 aromatic heterocycles. The molecule has 0 bridgehead atoms. The number of rotatable bonds is 8. The van der Waals surface area contributed by atoms with Gasteiger partial charge in [-0.2, -0.15) is 4.99 Å². The molecule has 1 saturated heterocycles. The van der Waals surface area contributed by atoms with Gasteiger partial charge in [-0.1, -0.05) is 60.6 Å². The van der Waals surface area contributed by atoms with Crippen LogP contribution < -0.4 is 15.0 Å². The predicted molar refractivity (Wildman–Crippen MR) is 168 cm³/mol. The van der Waals surface area contributed by atoms with E-state index < -0.39 is 12.4 Å². The van der Waals surface area contributed by atoms with E-state index in [9.17, 15) is 22.8 Å². The van der Waals surface area contributed by atoms with Gasteiger partial charge in [0.2, 0.25) is 5.91 Å². The number of amides is 3. The topological polar surface area (TPSA) is 102 Å². The molecule has 13 heteroatoms. The number of thioether (sulfide) groups is 1. The maximum absolute atomic E-state index is 12.7. The standard InChI is InChI=1S/C32H31F3N6O3S/c1-19-15-21(3)28(22(4)16-19)41-27(42)17-45-31(41)38-30(43)36-14-13-20(2)23-5-7-24(8-6-23)29-37-18-40(39-29)25-9-11-26(12-10-25)44-32(33,34)35/h5-12,15-16,18,20H,13-14,17H2,1-4H3,(H,36,43)/b38-31-. The number of nitrogens with zero attached hydrogens (tertiary/aromatic N) is 5. The number of benzene rings is 3. The fourth-order valence-electron chi connectivity index (χ4n) is 5.16. The molecular formula is C32H31F3N6O3S. The number of aryl methyl sites for hydroxylation is 3. The summed E-state index contributed by atoms with van der Waals surface area (Å²) in [4.78, 5) is 35.5. The van der Waals surface area contributed by atoms with Gasteiger partial charge < -0.3 is 10.1 Å². The Bertz CT molecular complexity index is 1710. The summed E-state index contributed by atoms with van der Waals surface area (Å²) in [5, 5.41) is 7.66. The summed E-state index contributed by atoms with van der Waals surface area (Å²) in [5.41, 5.74) is 6.15. The highest BCUT2D eigenvalue weighted by atomic mass is 32.2. The zero-order valence-electron chi connectivity index (χ0n) is 25.1. The number of amidine groups is 1. The molecule has 1 unspecified atom stereocenters. The van der Waals surface area contributed by atoms with Gasteiger partial charge in [-0.25, -0.2) is 14.5 Å². The first kappa shape index (κ1) is 31.8. The van der Waals surface area contributed by atoms with Crippen molar-refractivity contribution in [2.45, 2.75) is 46.4 Å². The van der Waals surface area contributed by atoms with Crippen LogP contribution in [0.2, 0.25) is 0 Å². The van der Waals surface area contributed by atoms with Gasteiger partial charge in [0.25, 0.3) is 0 Å². The molecule has 1 fully saturated rings. The number of hydrogen-bond acceptors (Lipinski definition) is 6. The van der Waals surface area contributed by atoms with E-state index >= 15 is 0 Å². The van der Waals surface area contributed by atoms with Gasteiger partial charge >= 0.3 is 12.4 Å². The molecule has 5 rings (SSSR count). The monoisotopic (exact) mass is 636 g/mol. The van der Waals surface area contributed by atoms with Crippen LogP contribution in [-0.4, -0.2) is 50.5 Å². The first-order valence-electron chi connectivity index (χ1n) is 14.2. The van der Waals surface area contributed by atoms with Gasteiger partial charge in [-0.15, -0.1) is 18.3 Å². The van der Waals surface area contributed by atoms with Crippen LogP contribution in [0.25, 0.3) is 17.1 Å². The number of alkyl halides is 3. The van der Waals surface area contributed by atoms with Gasteiger partial charge in [0.15, 0.2) is 11.0 Å². The third-order valence-corrected chi connectivity index (χ3v) is 8.16. The molecule has 1 N–H and O–H groups in total. The second-order valence-electron chi connectivity index (χ2n) is 10.8. The number of ether oxygens (including phenoxy) is 1. The SMILES string of the molecule is Cc1cc(C)c(N2C(=O)CS/C2=N\C(=O)NCCC(C)c2ccc(-c3ncn(-c4ccc(OC(F)(F)F)cc4)n3)cc2)c(C)c1. The molecule has 1 aliphatic rings. The number of carbonyl (C=O) groups excluding carboxylic acids is 2. The van der Waals surface area contributed by atoms with Gasteiger partial charge in [0.05, 0.1) is 17.1 Å². The lowest BCUT2D eigenvalue weighted by molar-refractivity contribution is -0.274. The lowest BCUT2D eigenvalue weighted by Gasteiger charge is -2.21. The van der Waals surface area contributed by atoms with E-state index in [0.29, 0.717) is 29.6 Å². The van der Waals surface area contributed by atoms with Gasteiger partial charge in [-0.3, -0.25) is 9.69 Å². The number of carbonyl (C=O) groups is 2. The third kappa shape index (κ3) is 7.72. The van der Waals surface area contributed by atoms with E-state index in [0.717, 1.165) is 33.5 Å². The summed E-state index contributed by atoms with van der Waals surface area (Å²) in [6.07, 6.45) is -2.60. The maximum atomic E-state index is 12.7. The Morgan fingerprint density at radius 2 is 1.73 bits per heavy atom. The highest BCUT2D eigenvalue weighted by molar-refractivity contribution is 8.15. The average Bonchev–Trinajstić information content (AvgIpc) is 3.60. The minimum absolute atomic E-state index is 0.103. The van der Waals surface area contributed by atoms with Crippen molar-refractivity contribution < 1.29 is 27.5 Å². The highest BCUT2D eigenvalue weighted by Gasteiger charge is 2.33. The zero-order valence-corrected chi connectivity index (χ0v) is 25.9. The summed E-state index contributed by atoms with van der Waals surface area (Å²) in [6.45, 7) is 8.36. The minimum atomic E-state index is -4.76. The van der Waals surface area contributed by atoms with Crippen molar-refractivity contribution in [1.82, 2.24) is 20.1 Å². The Kier molecular flexibility index (Phi) is 9.28. The molecule has 3 amide bonds. The molecule has 0 radical (unpaired) electrons. The van der Waals surface area contributed by atoms with Crippen LogP contribution in [0.4, 0.5) is 23.7 Å². The van der Waals surface area contributed by atoms with Crippen LogP contribution >= 0.6 is 11.8 Å². The Morgan fingerprint density at radius 3 is 2.38 bits per heavy atom. The Hall–Kier alpha value is -4.65. The van der Waals surface area contributed by atoms with Crippen LogP contribution in [0.1, 0.15) is 41.5 Å². The van der Waals surface area contributed by atoms with Crippen LogP contribution in [-0.2, 0) is 4.79 Å². The summed E-state index contributed by atoms with van der Waals surface area (Å²) in [7, 11) is 0. The number of halogens is 3. The first-order valence-corrected chi connectivity index (χ1v) is 15.1. The number of urea groups is 1. The molecule has 9 nitrogen and oxygen atoms in total. The van der Waals surface area contributed by atoms with Crippen molar-refractivity contribution in [3.63, 3.8) is 0 Å². The van der Waals surface area contributed by atoms with Crippen molar-refractivity contribution >= 4 is 34.6 Å². The molecule has 45 heavy (non-hydrogen) atoms. The smallest absolute Gasteiger partial charge is 0.406 e. The fraction of sp³-hybridized carbons (Fsp3) is 0.281. The van der Waals surface area contributed by atoms with Crippen LogP contribution in [0.3, 0.4) is 0 Å². The van der Waals surface area contributed by atoms with Crippen molar-refractivity contribution in [3.05, 3.63) is 89.2 Å². The number of aliphatic imine (C=N–C) groups is 1. The van der Waals surface area contributed by atoms with Crippen LogP contribution in [0.15, 0.2) is 72.0 Å². The fourth-order valence-corrected chi connectivity index (χ4v) is 6.01. The summed E-state index contributed by atoms with van der Waals surface area (Å²) < 4.78 is 42.6. The molecule has 4 aromatic rings. The lowest BCUT2D eigenvalue weighted by Crippen LogP contribution is -2.32. The molecule has 1 aliphatic heterocycles. The van der Waals surface area contributed by atoms with E-state index in [1.54, 1.807) is 4.90 Å². The Labute approximate surface area is 262 Å². The van der Waals surface area contributed by atoms with E-state index in [1.165, 1.54) is 47.0 Å². The summed E-state index contributed by atoms with van der Waals surface area (Å²) in [5.74, 6) is 0.407. The van der Waals surface area contributed by atoms with Crippen molar-refractivity contribution in [3.8, 4) is 22.8 Å². The van der Waals surface area contributed by atoms with Gasteiger partial charge in [0, 0.05) is 12.1 Å². The molecule has 2 heterocycles. The summed E-state index contributed by atoms with van der Waals surface area (Å²) in [6, 6.07) is 16.6. The molecule has 0 saturated carbocycles. The quantitative estimate of drug-likeness (QED) is 0.222. The predicted octanol–water partition coefficient (Wildman–Crippen LogP) is 7.10. The molecule has 1 atom stereocenters. The van der Waals surface area contributed by atoms with E-state index in [2.05, 4.69) is 32.1 Å². The molecule has 0 spiro atoms.